The van der Waals surface area contributed by atoms with E-state index < -0.39 is 5.41 Å². The molecule has 0 saturated carbocycles. The molecule has 70 valence electrons. The third kappa shape index (κ3) is 1.68. The molecule has 2 nitrogen and oxygen atoms in total. The summed E-state index contributed by atoms with van der Waals surface area (Å²) >= 11 is 0. The summed E-state index contributed by atoms with van der Waals surface area (Å²) in [6.07, 6.45) is 2.43. The lowest BCUT2D eigenvalue weighted by molar-refractivity contribution is -0.152. The zero-order valence-electron chi connectivity index (χ0n) is 8.39. The van der Waals surface area contributed by atoms with Crippen LogP contribution < -0.4 is 0 Å². The molecule has 0 aliphatic heterocycles. The molecule has 0 fully saturated rings. The van der Waals surface area contributed by atoms with Crippen LogP contribution in [0.1, 0.15) is 27.2 Å². The van der Waals surface area contributed by atoms with Crippen LogP contribution in [0.4, 0.5) is 0 Å². The predicted molar refractivity (Wildman–Crippen MR) is 49.8 cm³/mol. The maximum Gasteiger partial charge on any atom is 0.315 e. The maximum absolute atomic E-state index is 11.4. The highest BCUT2D eigenvalue weighted by molar-refractivity contribution is 5.79. The van der Waals surface area contributed by atoms with E-state index in [2.05, 4.69) is 6.58 Å². The lowest BCUT2D eigenvalue weighted by atomic mass is 9.75. The third-order valence-electron chi connectivity index (χ3n) is 2.54. The van der Waals surface area contributed by atoms with Gasteiger partial charge in [0.05, 0.1) is 12.5 Å². The first kappa shape index (κ1) is 11.2. The van der Waals surface area contributed by atoms with E-state index in [1.807, 2.05) is 20.8 Å². The Bertz CT molecular complexity index is 173. The fraction of sp³-hybridized carbons (Fsp3) is 0.700. The van der Waals surface area contributed by atoms with Gasteiger partial charge in [0.25, 0.3) is 0 Å². The first-order chi connectivity index (χ1) is 5.55. The van der Waals surface area contributed by atoms with Gasteiger partial charge in [0.1, 0.15) is 0 Å². The lowest BCUT2D eigenvalue weighted by Crippen LogP contribution is -2.34. The number of carbonyl (C=O) groups is 1. The monoisotopic (exact) mass is 170 g/mol. The van der Waals surface area contributed by atoms with Gasteiger partial charge in [-0.3, -0.25) is 4.79 Å². The summed E-state index contributed by atoms with van der Waals surface area (Å²) in [5, 5.41) is 0. The van der Waals surface area contributed by atoms with Crippen molar-refractivity contribution in [2.75, 3.05) is 7.11 Å². The van der Waals surface area contributed by atoms with Crippen molar-refractivity contribution in [1.29, 1.82) is 0 Å². The first-order valence-corrected chi connectivity index (χ1v) is 4.27. The van der Waals surface area contributed by atoms with Crippen LogP contribution in [0.25, 0.3) is 0 Å². The predicted octanol–water partition coefficient (Wildman–Crippen LogP) is 2.40. The maximum atomic E-state index is 11.4. The van der Waals surface area contributed by atoms with E-state index in [1.165, 1.54) is 7.11 Å². The molecule has 2 heteroatoms. The van der Waals surface area contributed by atoms with Crippen molar-refractivity contribution in [2.24, 2.45) is 11.3 Å². The van der Waals surface area contributed by atoms with E-state index in [0.29, 0.717) is 0 Å². The molecule has 0 aliphatic rings. The van der Waals surface area contributed by atoms with Crippen LogP contribution in [0.5, 0.6) is 0 Å². The molecule has 0 aromatic carbocycles. The van der Waals surface area contributed by atoms with Gasteiger partial charge in [-0.2, -0.15) is 0 Å². The van der Waals surface area contributed by atoms with Crippen molar-refractivity contribution in [3.8, 4) is 0 Å². The summed E-state index contributed by atoms with van der Waals surface area (Å²) in [7, 11) is 1.42. The Morgan fingerprint density at radius 2 is 2.17 bits per heavy atom. The Balaban J connectivity index is 4.81. The number of hydrogen-bond acceptors (Lipinski definition) is 2. The van der Waals surface area contributed by atoms with Gasteiger partial charge < -0.3 is 4.74 Å². The van der Waals surface area contributed by atoms with Gasteiger partial charge in [-0.25, -0.2) is 0 Å². The van der Waals surface area contributed by atoms with Gasteiger partial charge in [-0.1, -0.05) is 26.8 Å². The molecule has 0 bridgehead atoms. The van der Waals surface area contributed by atoms with Gasteiger partial charge in [-0.05, 0) is 12.3 Å². The molecular formula is C10H18O2. The average molecular weight is 170 g/mol. The minimum Gasteiger partial charge on any atom is -0.468 e. The van der Waals surface area contributed by atoms with Crippen molar-refractivity contribution in [3.05, 3.63) is 12.7 Å². The number of carbonyl (C=O) groups excluding carboxylic acids is 1. The Hall–Kier alpha value is -0.790. The molecule has 1 atom stereocenters. The van der Waals surface area contributed by atoms with E-state index in [9.17, 15) is 4.79 Å². The molecule has 0 aromatic heterocycles. The van der Waals surface area contributed by atoms with Crippen molar-refractivity contribution in [2.45, 2.75) is 27.2 Å². The lowest BCUT2D eigenvalue weighted by Gasteiger charge is -2.30. The summed E-state index contributed by atoms with van der Waals surface area (Å²) in [6, 6.07) is 0. The fourth-order valence-corrected chi connectivity index (χ4v) is 1.44. The number of rotatable bonds is 4. The number of hydrogen-bond donors (Lipinski definition) is 0. The number of ether oxygens (including phenoxy) is 1. The zero-order chi connectivity index (χ0) is 9.78. The zero-order valence-corrected chi connectivity index (χ0v) is 8.39. The fourth-order valence-electron chi connectivity index (χ4n) is 1.44. The van der Waals surface area contributed by atoms with Crippen molar-refractivity contribution < 1.29 is 9.53 Å². The molecular weight excluding hydrogens is 152 g/mol. The van der Waals surface area contributed by atoms with Crippen LogP contribution in [-0.4, -0.2) is 13.1 Å². The molecule has 0 aliphatic carbocycles. The number of esters is 1. The minimum absolute atomic E-state index is 0.185. The average Bonchev–Trinajstić information content (AvgIpc) is 2.06. The Kier molecular flexibility index (Phi) is 4.01. The Labute approximate surface area is 74.6 Å². The summed E-state index contributed by atoms with van der Waals surface area (Å²) in [5.74, 6) is 0.0439. The van der Waals surface area contributed by atoms with Gasteiger partial charge in [0, 0.05) is 0 Å². The molecule has 0 radical (unpaired) electrons. The highest BCUT2D eigenvalue weighted by Gasteiger charge is 2.37. The second kappa shape index (κ2) is 4.29. The Morgan fingerprint density at radius 3 is 2.25 bits per heavy atom. The molecule has 0 N–H and O–H groups in total. The largest absolute Gasteiger partial charge is 0.468 e. The second-order valence-electron chi connectivity index (χ2n) is 3.24. The molecule has 0 spiro atoms. The molecule has 12 heavy (non-hydrogen) atoms. The smallest absolute Gasteiger partial charge is 0.315 e. The Morgan fingerprint density at radius 1 is 1.67 bits per heavy atom. The van der Waals surface area contributed by atoms with Gasteiger partial charge in [0.2, 0.25) is 0 Å². The van der Waals surface area contributed by atoms with E-state index >= 15 is 0 Å². The van der Waals surface area contributed by atoms with Crippen molar-refractivity contribution in [1.82, 2.24) is 0 Å². The van der Waals surface area contributed by atoms with Crippen LogP contribution >= 0.6 is 0 Å². The molecule has 0 unspecified atom stereocenters. The van der Waals surface area contributed by atoms with Crippen LogP contribution in [0.2, 0.25) is 0 Å². The highest BCUT2D eigenvalue weighted by atomic mass is 16.5. The van der Waals surface area contributed by atoms with Gasteiger partial charge in [0.15, 0.2) is 0 Å². The number of methoxy groups -OCH3 is 1. The van der Waals surface area contributed by atoms with E-state index in [4.69, 9.17) is 4.74 Å². The van der Waals surface area contributed by atoms with Gasteiger partial charge >= 0.3 is 5.97 Å². The van der Waals surface area contributed by atoms with Crippen LogP contribution in [-0.2, 0) is 9.53 Å². The van der Waals surface area contributed by atoms with Crippen LogP contribution in [0.15, 0.2) is 12.7 Å². The quantitative estimate of drug-likeness (QED) is 0.478. The van der Waals surface area contributed by atoms with Crippen LogP contribution in [0, 0.1) is 11.3 Å². The van der Waals surface area contributed by atoms with Gasteiger partial charge in [-0.15, -0.1) is 6.58 Å². The summed E-state index contributed by atoms with van der Waals surface area (Å²) in [5.41, 5.74) is -0.505. The SMILES string of the molecule is C=C[C@](CC)(C(=O)OC)C(C)C. The highest BCUT2D eigenvalue weighted by Crippen LogP contribution is 2.33. The van der Waals surface area contributed by atoms with Crippen molar-refractivity contribution in [3.63, 3.8) is 0 Å². The summed E-state index contributed by atoms with van der Waals surface area (Å²) < 4.78 is 4.75. The standard InChI is InChI=1S/C10H18O2/c1-6-10(7-2,8(3)4)9(11)12-5/h6,8H,1,7H2,2-5H3/t10-/m1/s1. The van der Waals surface area contributed by atoms with Crippen LogP contribution in [0.3, 0.4) is 0 Å². The molecule has 0 aromatic rings. The molecule has 0 saturated heterocycles. The van der Waals surface area contributed by atoms with Crippen molar-refractivity contribution >= 4 is 5.97 Å². The minimum atomic E-state index is -0.505. The molecule has 0 rings (SSSR count). The normalized spacial score (nSPS) is 15.4. The molecule has 0 amide bonds. The first-order valence-electron chi connectivity index (χ1n) is 4.27. The third-order valence-corrected chi connectivity index (χ3v) is 2.54. The summed E-state index contributed by atoms with van der Waals surface area (Å²) in [6.45, 7) is 9.67. The van der Waals surface area contributed by atoms with E-state index in [-0.39, 0.29) is 11.9 Å². The van der Waals surface area contributed by atoms with E-state index in [1.54, 1.807) is 6.08 Å². The summed E-state index contributed by atoms with van der Waals surface area (Å²) in [4.78, 5) is 11.4. The molecule has 0 heterocycles. The topological polar surface area (TPSA) is 26.3 Å². The second-order valence-corrected chi connectivity index (χ2v) is 3.24. The van der Waals surface area contributed by atoms with E-state index in [0.717, 1.165) is 6.42 Å².